The van der Waals surface area contributed by atoms with Crippen molar-refractivity contribution in [2.24, 2.45) is 0 Å². The molecule has 2 N–H and O–H groups in total. The molecule has 5 nitrogen and oxygen atoms in total. The number of fused-ring (bicyclic) bond motifs is 1. The molecule has 1 aromatic heterocycles. The highest BCUT2D eigenvalue weighted by molar-refractivity contribution is 5.80. The van der Waals surface area contributed by atoms with Gasteiger partial charge in [-0.05, 0) is 24.4 Å². The van der Waals surface area contributed by atoms with Gasteiger partial charge in [-0.2, -0.15) is 0 Å². The number of aliphatic hydroxyl groups is 1. The Morgan fingerprint density at radius 3 is 2.61 bits per heavy atom. The smallest absolute Gasteiger partial charge is 0.337 e. The van der Waals surface area contributed by atoms with Gasteiger partial charge in [-0.1, -0.05) is 18.2 Å². The largest absolute Gasteiger partial charge is 0.479 e. The van der Waals surface area contributed by atoms with Crippen LogP contribution in [0.5, 0.6) is 0 Å². The van der Waals surface area contributed by atoms with Crippen molar-refractivity contribution in [3.8, 4) is 0 Å². The quantitative estimate of drug-likeness (QED) is 0.842. The molecular weight excluding hydrogens is 234 g/mol. The first-order valence-corrected chi connectivity index (χ1v) is 5.46. The maximum absolute atomic E-state index is 11.8. The van der Waals surface area contributed by atoms with Crippen molar-refractivity contribution in [2.75, 3.05) is 0 Å². The first-order chi connectivity index (χ1) is 8.42. The molecule has 2 rings (SSSR count). The van der Waals surface area contributed by atoms with Gasteiger partial charge in [0.2, 0.25) is 0 Å². The Balaban J connectivity index is 2.60. The van der Waals surface area contributed by atoms with Crippen LogP contribution in [0, 0.1) is 0 Å². The topological polar surface area (TPSA) is 79.5 Å². The average molecular weight is 247 g/mol. The van der Waals surface area contributed by atoms with Crippen molar-refractivity contribution in [1.29, 1.82) is 0 Å². The van der Waals surface area contributed by atoms with Gasteiger partial charge in [0.25, 0.3) is 5.56 Å². The van der Waals surface area contributed by atoms with Gasteiger partial charge in [0.1, 0.15) is 0 Å². The highest BCUT2D eigenvalue weighted by Gasteiger charge is 2.31. The highest BCUT2D eigenvalue weighted by atomic mass is 16.4. The molecule has 0 saturated carbocycles. The Labute approximate surface area is 103 Å². The van der Waals surface area contributed by atoms with Crippen LogP contribution >= 0.6 is 0 Å². The first kappa shape index (κ1) is 12.3. The third-order valence-electron chi connectivity index (χ3n) is 2.83. The first-order valence-electron chi connectivity index (χ1n) is 5.46. The molecule has 18 heavy (non-hydrogen) atoms. The number of hydrogen-bond acceptors (Lipinski definition) is 3. The number of rotatable bonds is 3. The molecule has 0 aliphatic carbocycles. The van der Waals surface area contributed by atoms with Crippen LogP contribution < -0.4 is 5.56 Å². The van der Waals surface area contributed by atoms with E-state index in [0.29, 0.717) is 5.52 Å². The Bertz CT molecular complexity index is 657. The Hall–Kier alpha value is -2.14. The molecule has 1 aromatic carbocycles. The molecule has 0 aliphatic heterocycles. The van der Waals surface area contributed by atoms with E-state index < -0.39 is 11.6 Å². The molecule has 0 spiro atoms. The van der Waals surface area contributed by atoms with Gasteiger partial charge < -0.3 is 14.8 Å². The number of aliphatic carboxylic acids is 1. The van der Waals surface area contributed by atoms with Crippen LogP contribution in [0.15, 0.2) is 41.2 Å². The van der Waals surface area contributed by atoms with Gasteiger partial charge in [-0.3, -0.25) is 4.79 Å². The van der Waals surface area contributed by atoms with Crippen molar-refractivity contribution in [2.45, 2.75) is 19.1 Å². The van der Waals surface area contributed by atoms with Gasteiger partial charge >= 0.3 is 5.97 Å². The zero-order valence-electron chi connectivity index (χ0n) is 9.83. The molecule has 1 atom stereocenters. The van der Waals surface area contributed by atoms with E-state index in [1.165, 1.54) is 17.6 Å². The lowest BCUT2D eigenvalue weighted by molar-refractivity contribution is -0.157. The number of carbonyl (C=O) groups is 1. The van der Waals surface area contributed by atoms with E-state index in [9.17, 15) is 14.7 Å². The third kappa shape index (κ3) is 2.12. The van der Waals surface area contributed by atoms with Crippen LogP contribution in [0.2, 0.25) is 0 Å². The normalized spacial score (nSPS) is 14.3. The van der Waals surface area contributed by atoms with Gasteiger partial charge in [0.05, 0.1) is 12.1 Å². The van der Waals surface area contributed by atoms with Gasteiger partial charge in [-0.25, -0.2) is 4.79 Å². The summed E-state index contributed by atoms with van der Waals surface area (Å²) in [5, 5.41) is 19.5. The monoisotopic (exact) mass is 247 g/mol. The molecule has 2 aromatic rings. The van der Waals surface area contributed by atoms with Crippen LogP contribution in [-0.4, -0.2) is 26.4 Å². The standard InChI is InChI=1S/C13H13NO4/c1-13(18,12(16)17)8-14-10-5-3-2-4-9(10)6-7-11(14)15/h2-7,18H,8H2,1H3,(H,16,17). The SMILES string of the molecule is CC(O)(Cn1c(=O)ccc2ccccc21)C(=O)O. The summed E-state index contributed by atoms with van der Waals surface area (Å²) in [6, 6.07) is 10.2. The van der Waals surface area contributed by atoms with Gasteiger partial charge in [0, 0.05) is 6.07 Å². The van der Waals surface area contributed by atoms with Gasteiger partial charge in [-0.15, -0.1) is 0 Å². The Morgan fingerprint density at radius 1 is 1.28 bits per heavy atom. The summed E-state index contributed by atoms with van der Waals surface area (Å²) in [6.07, 6.45) is 0. The molecule has 0 saturated heterocycles. The zero-order chi connectivity index (χ0) is 13.3. The van der Waals surface area contributed by atoms with Crippen molar-refractivity contribution in [3.63, 3.8) is 0 Å². The highest BCUT2D eigenvalue weighted by Crippen LogP contribution is 2.14. The van der Waals surface area contributed by atoms with Crippen molar-refractivity contribution in [1.82, 2.24) is 4.57 Å². The average Bonchev–Trinajstić information content (AvgIpc) is 2.32. The van der Waals surface area contributed by atoms with E-state index in [1.54, 1.807) is 18.2 Å². The fourth-order valence-corrected chi connectivity index (χ4v) is 1.78. The van der Waals surface area contributed by atoms with Crippen LogP contribution in [0.1, 0.15) is 6.92 Å². The van der Waals surface area contributed by atoms with E-state index in [0.717, 1.165) is 5.39 Å². The number of para-hydroxylation sites is 1. The molecule has 0 aliphatic rings. The van der Waals surface area contributed by atoms with E-state index in [-0.39, 0.29) is 12.1 Å². The summed E-state index contributed by atoms with van der Waals surface area (Å²) < 4.78 is 1.27. The molecule has 1 unspecified atom stereocenters. The summed E-state index contributed by atoms with van der Waals surface area (Å²) in [5.74, 6) is -1.36. The van der Waals surface area contributed by atoms with Crippen molar-refractivity contribution in [3.05, 3.63) is 46.8 Å². The number of pyridine rings is 1. The van der Waals surface area contributed by atoms with Crippen molar-refractivity contribution < 1.29 is 15.0 Å². The number of carboxylic acid groups (broad SMARTS) is 1. The lowest BCUT2D eigenvalue weighted by atomic mass is 10.1. The van der Waals surface area contributed by atoms with E-state index in [1.807, 2.05) is 12.1 Å². The van der Waals surface area contributed by atoms with Crippen LogP contribution in [0.4, 0.5) is 0 Å². The number of benzene rings is 1. The molecule has 1 heterocycles. The molecule has 0 radical (unpaired) electrons. The predicted octanol–water partition coefficient (Wildman–Crippen LogP) is 0.837. The fourth-order valence-electron chi connectivity index (χ4n) is 1.78. The Kier molecular flexibility index (Phi) is 2.92. The van der Waals surface area contributed by atoms with Crippen LogP contribution in [0.25, 0.3) is 10.9 Å². The van der Waals surface area contributed by atoms with Crippen molar-refractivity contribution >= 4 is 16.9 Å². The molecule has 5 heteroatoms. The lowest BCUT2D eigenvalue weighted by Crippen LogP contribution is -2.42. The van der Waals surface area contributed by atoms with Crippen LogP contribution in [0.3, 0.4) is 0 Å². The minimum absolute atomic E-state index is 0.289. The molecule has 0 bridgehead atoms. The molecule has 0 fully saturated rings. The second kappa shape index (κ2) is 4.27. The molecular formula is C13H13NO4. The predicted molar refractivity (Wildman–Crippen MR) is 66.5 cm³/mol. The van der Waals surface area contributed by atoms with Gasteiger partial charge in [0.15, 0.2) is 5.60 Å². The number of carboxylic acids is 1. The van der Waals surface area contributed by atoms with E-state index in [2.05, 4.69) is 0 Å². The number of aromatic nitrogens is 1. The molecule has 94 valence electrons. The summed E-state index contributed by atoms with van der Waals surface area (Å²) >= 11 is 0. The second-order valence-electron chi connectivity index (χ2n) is 4.40. The third-order valence-corrected chi connectivity index (χ3v) is 2.83. The Morgan fingerprint density at radius 2 is 1.94 bits per heavy atom. The number of nitrogens with zero attached hydrogens (tertiary/aromatic N) is 1. The zero-order valence-corrected chi connectivity index (χ0v) is 9.83. The van der Waals surface area contributed by atoms with E-state index in [4.69, 9.17) is 5.11 Å². The maximum atomic E-state index is 11.8. The maximum Gasteiger partial charge on any atom is 0.337 e. The van der Waals surface area contributed by atoms with Crippen LogP contribution in [-0.2, 0) is 11.3 Å². The summed E-state index contributed by atoms with van der Waals surface area (Å²) in [4.78, 5) is 22.7. The summed E-state index contributed by atoms with van der Waals surface area (Å²) in [6.45, 7) is 0.881. The minimum atomic E-state index is -1.98. The minimum Gasteiger partial charge on any atom is -0.479 e. The summed E-state index contributed by atoms with van der Waals surface area (Å²) in [5.41, 5.74) is -1.71. The lowest BCUT2D eigenvalue weighted by Gasteiger charge is -2.20. The second-order valence-corrected chi connectivity index (χ2v) is 4.40. The fraction of sp³-hybridized carbons (Fsp3) is 0.231. The summed E-state index contributed by atoms with van der Waals surface area (Å²) in [7, 11) is 0. The molecule has 0 amide bonds. The van der Waals surface area contributed by atoms with E-state index >= 15 is 0 Å². The number of hydrogen-bond donors (Lipinski definition) is 2.